The average Bonchev–Trinajstić information content (AvgIpc) is 2.53. The fraction of sp³-hybridized carbons (Fsp3) is 0.474. The van der Waals surface area contributed by atoms with Crippen LogP contribution in [0, 0.1) is 11.8 Å². The second-order valence-corrected chi connectivity index (χ2v) is 5.39. The van der Waals surface area contributed by atoms with Crippen LogP contribution >= 0.6 is 0 Å². The van der Waals surface area contributed by atoms with Crippen molar-refractivity contribution in [3.05, 3.63) is 48.6 Å². The van der Waals surface area contributed by atoms with Gasteiger partial charge in [0.15, 0.2) is 0 Å². The van der Waals surface area contributed by atoms with Crippen LogP contribution in [0.1, 0.15) is 45.1 Å². The number of hydrogen-bond acceptors (Lipinski definition) is 2. The van der Waals surface area contributed by atoms with Crippen LogP contribution in [0.3, 0.4) is 0 Å². The third-order valence-electron chi connectivity index (χ3n) is 3.97. The minimum absolute atomic E-state index is 0.0337. The number of benzene rings is 1. The van der Waals surface area contributed by atoms with Gasteiger partial charge in [0.25, 0.3) is 0 Å². The lowest BCUT2D eigenvalue weighted by Gasteiger charge is -2.21. The van der Waals surface area contributed by atoms with Crippen LogP contribution in [0.15, 0.2) is 43.0 Å². The molecule has 1 atom stereocenters. The molecule has 2 heteroatoms. The van der Waals surface area contributed by atoms with E-state index < -0.39 is 5.92 Å². The highest BCUT2D eigenvalue weighted by molar-refractivity contribution is 6.02. The monoisotopic (exact) mass is 286 g/mol. The van der Waals surface area contributed by atoms with Crippen molar-refractivity contribution in [2.24, 2.45) is 11.8 Å². The van der Waals surface area contributed by atoms with Crippen molar-refractivity contribution < 1.29 is 9.59 Å². The van der Waals surface area contributed by atoms with Gasteiger partial charge in [0.2, 0.25) is 0 Å². The molecule has 0 aliphatic rings. The second kappa shape index (κ2) is 9.28. The number of allylic oxidation sites excluding steroid dienone is 1. The van der Waals surface area contributed by atoms with E-state index in [1.54, 1.807) is 6.08 Å². The van der Waals surface area contributed by atoms with Gasteiger partial charge in [0.05, 0.1) is 5.92 Å². The van der Waals surface area contributed by atoms with E-state index in [1.807, 2.05) is 32.0 Å². The summed E-state index contributed by atoms with van der Waals surface area (Å²) in [5.74, 6) is -0.431. The molecule has 0 fully saturated rings. The molecule has 1 aromatic carbocycles. The lowest BCUT2D eigenvalue weighted by atomic mass is 9.80. The van der Waals surface area contributed by atoms with Gasteiger partial charge < -0.3 is 0 Å². The Bertz CT molecular complexity index is 446. The zero-order valence-corrected chi connectivity index (χ0v) is 13.2. The summed E-state index contributed by atoms with van der Waals surface area (Å²) < 4.78 is 0. The van der Waals surface area contributed by atoms with Crippen molar-refractivity contribution in [3.8, 4) is 0 Å². The van der Waals surface area contributed by atoms with Crippen molar-refractivity contribution in [2.75, 3.05) is 0 Å². The Balaban J connectivity index is 2.64. The van der Waals surface area contributed by atoms with Crippen molar-refractivity contribution in [2.45, 2.75) is 46.0 Å². The maximum absolute atomic E-state index is 12.1. The third-order valence-corrected chi connectivity index (χ3v) is 3.97. The van der Waals surface area contributed by atoms with E-state index in [-0.39, 0.29) is 17.5 Å². The van der Waals surface area contributed by atoms with E-state index >= 15 is 0 Å². The van der Waals surface area contributed by atoms with Gasteiger partial charge in [0, 0.05) is 12.8 Å². The van der Waals surface area contributed by atoms with Crippen LogP contribution in [0.25, 0.3) is 0 Å². The van der Waals surface area contributed by atoms with Gasteiger partial charge in [-0.15, -0.1) is 6.58 Å². The normalized spacial score (nSPS) is 12.1. The Morgan fingerprint density at radius 1 is 1.10 bits per heavy atom. The molecule has 0 bridgehead atoms. The van der Waals surface area contributed by atoms with E-state index in [0.717, 1.165) is 19.3 Å². The van der Waals surface area contributed by atoms with Crippen molar-refractivity contribution >= 4 is 11.6 Å². The standard InChI is InChI=1S/C19H26O2/c1-4-16(19(17(20)5-2)18(21)6-3)14-10-13-15-11-8-7-9-12-15/h4,7-9,11-12,16,19H,1,5-6,10,13-14H2,2-3H3/t16-/m1/s1. The predicted octanol–water partition coefficient (Wildman–Crippen LogP) is 4.39. The molecule has 21 heavy (non-hydrogen) atoms. The molecule has 114 valence electrons. The highest BCUT2D eigenvalue weighted by Crippen LogP contribution is 2.24. The summed E-state index contributed by atoms with van der Waals surface area (Å²) in [4.78, 5) is 24.2. The van der Waals surface area contributed by atoms with Gasteiger partial charge in [-0.25, -0.2) is 0 Å². The van der Waals surface area contributed by atoms with Crippen LogP contribution in [0.5, 0.6) is 0 Å². The van der Waals surface area contributed by atoms with Crippen LogP contribution in [-0.4, -0.2) is 11.6 Å². The maximum atomic E-state index is 12.1. The zero-order valence-electron chi connectivity index (χ0n) is 13.2. The minimum atomic E-state index is -0.492. The Labute approximate surface area is 128 Å². The molecule has 2 nitrogen and oxygen atoms in total. The molecule has 0 saturated carbocycles. The first-order chi connectivity index (χ1) is 10.1. The number of rotatable bonds is 10. The Kier molecular flexibility index (Phi) is 7.66. The number of Topliss-reactive ketones (excluding diaryl/α,β-unsaturated/α-hetero) is 2. The lowest BCUT2D eigenvalue weighted by molar-refractivity contribution is -0.134. The second-order valence-electron chi connectivity index (χ2n) is 5.39. The van der Waals surface area contributed by atoms with Gasteiger partial charge in [-0.05, 0) is 30.7 Å². The van der Waals surface area contributed by atoms with E-state index in [4.69, 9.17) is 0 Å². The molecule has 1 rings (SSSR count). The highest BCUT2D eigenvalue weighted by atomic mass is 16.1. The third kappa shape index (κ3) is 5.30. The van der Waals surface area contributed by atoms with Crippen molar-refractivity contribution in [1.82, 2.24) is 0 Å². The minimum Gasteiger partial charge on any atom is -0.299 e. The molecule has 0 aliphatic carbocycles. The largest absolute Gasteiger partial charge is 0.299 e. The van der Waals surface area contributed by atoms with Gasteiger partial charge in [-0.3, -0.25) is 9.59 Å². The lowest BCUT2D eigenvalue weighted by Crippen LogP contribution is -2.30. The quantitative estimate of drug-likeness (QED) is 0.472. The molecular formula is C19H26O2. The molecule has 0 unspecified atom stereocenters. The van der Waals surface area contributed by atoms with Gasteiger partial charge in [-0.2, -0.15) is 0 Å². The molecule has 0 aliphatic heterocycles. The first-order valence-electron chi connectivity index (χ1n) is 7.85. The van der Waals surface area contributed by atoms with Crippen molar-refractivity contribution in [3.63, 3.8) is 0 Å². The SMILES string of the molecule is C=C[C@H](CCCc1ccccc1)C(C(=O)CC)C(=O)CC. The van der Waals surface area contributed by atoms with E-state index in [9.17, 15) is 9.59 Å². The van der Waals surface area contributed by atoms with E-state index in [0.29, 0.717) is 12.8 Å². The molecule has 0 heterocycles. The van der Waals surface area contributed by atoms with E-state index in [1.165, 1.54) is 5.56 Å². The number of hydrogen-bond donors (Lipinski definition) is 0. The molecule has 0 saturated heterocycles. The van der Waals surface area contributed by atoms with Crippen molar-refractivity contribution in [1.29, 1.82) is 0 Å². The molecule has 0 N–H and O–H groups in total. The first-order valence-corrected chi connectivity index (χ1v) is 7.85. The summed E-state index contributed by atoms with van der Waals surface area (Å²) in [6.07, 6.45) is 5.39. The number of carbonyl (C=O) groups is 2. The topological polar surface area (TPSA) is 34.1 Å². The summed E-state index contributed by atoms with van der Waals surface area (Å²) in [6, 6.07) is 10.3. The summed E-state index contributed by atoms with van der Waals surface area (Å²) in [6.45, 7) is 7.48. The Morgan fingerprint density at radius 3 is 2.14 bits per heavy atom. The Hall–Kier alpha value is -1.70. The van der Waals surface area contributed by atoms with Crippen LogP contribution in [0.4, 0.5) is 0 Å². The molecule has 0 radical (unpaired) electrons. The van der Waals surface area contributed by atoms with Crippen LogP contribution in [-0.2, 0) is 16.0 Å². The molecule has 0 amide bonds. The average molecular weight is 286 g/mol. The fourth-order valence-electron chi connectivity index (χ4n) is 2.70. The fourth-order valence-corrected chi connectivity index (χ4v) is 2.70. The first kappa shape index (κ1) is 17.4. The number of ketones is 2. The summed E-state index contributed by atoms with van der Waals surface area (Å²) >= 11 is 0. The zero-order chi connectivity index (χ0) is 15.7. The maximum Gasteiger partial charge on any atom is 0.143 e. The highest BCUT2D eigenvalue weighted by Gasteiger charge is 2.30. The molecule has 0 spiro atoms. The number of aryl methyl sites for hydroxylation is 1. The van der Waals surface area contributed by atoms with Crippen LogP contribution in [0.2, 0.25) is 0 Å². The molecule has 0 aromatic heterocycles. The Morgan fingerprint density at radius 2 is 1.67 bits per heavy atom. The summed E-state index contributed by atoms with van der Waals surface area (Å²) in [5, 5.41) is 0. The summed E-state index contributed by atoms with van der Waals surface area (Å²) in [7, 11) is 0. The predicted molar refractivity (Wildman–Crippen MR) is 87.2 cm³/mol. The summed E-state index contributed by atoms with van der Waals surface area (Å²) in [5.41, 5.74) is 1.29. The van der Waals surface area contributed by atoms with Gasteiger partial charge >= 0.3 is 0 Å². The molecule has 1 aromatic rings. The van der Waals surface area contributed by atoms with Gasteiger partial charge in [0.1, 0.15) is 11.6 Å². The smallest absolute Gasteiger partial charge is 0.143 e. The number of carbonyl (C=O) groups excluding carboxylic acids is 2. The van der Waals surface area contributed by atoms with Crippen LogP contribution < -0.4 is 0 Å². The molecular weight excluding hydrogens is 260 g/mol. The van der Waals surface area contributed by atoms with E-state index in [2.05, 4.69) is 18.7 Å². The van der Waals surface area contributed by atoms with Gasteiger partial charge in [-0.1, -0.05) is 50.3 Å².